The molecule has 1 saturated carbocycles. The van der Waals surface area contributed by atoms with E-state index in [2.05, 4.69) is 47.9 Å². The average Bonchev–Trinajstić information content (AvgIpc) is 3.51. The van der Waals surface area contributed by atoms with E-state index in [1.165, 1.54) is 5.56 Å². The fourth-order valence-corrected chi connectivity index (χ4v) is 4.62. The molecule has 1 aliphatic carbocycles. The van der Waals surface area contributed by atoms with Crippen molar-refractivity contribution < 1.29 is 14.8 Å². The van der Waals surface area contributed by atoms with Crippen LogP contribution in [0.2, 0.25) is 0 Å². The summed E-state index contributed by atoms with van der Waals surface area (Å²) in [7, 11) is 0. The Hall–Kier alpha value is -2.02. The Morgan fingerprint density at radius 1 is 1.21 bits per heavy atom. The first-order valence-electron chi connectivity index (χ1n) is 10.3. The Morgan fingerprint density at radius 3 is 2.61 bits per heavy atom. The molecule has 3 atom stereocenters. The highest BCUT2D eigenvalue weighted by Crippen LogP contribution is 2.52. The van der Waals surface area contributed by atoms with E-state index in [9.17, 15) is 9.59 Å². The molecule has 4 N–H and O–H groups in total. The van der Waals surface area contributed by atoms with Crippen LogP contribution in [0.15, 0.2) is 30.3 Å². The van der Waals surface area contributed by atoms with Gasteiger partial charge in [-0.15, -0.1) is 0 Å². The number of nitrogens with one attached hydrogen (secondary N) is 3. The molecule has 1 aromatic rings. The van der Waals surface area contributed by atoms with Crippen molar-refractivity contribution in [2.24, 2.45) is 11.3 Å². The summed E-state index contributed by atoms with van der Waals surface area (Å²) in [6.45, 7) is 3.54. The summed E-state index contributed by atoms with van der Waals surface area (Å²) >= 11 is 0. The van der Waals surface area contributed by atoms with Crippen molar-refractivity contribution in [2.75, 3.05) is 13.1 Å². The van der Waals surface area contributed by atoms with E-state index in [0.717, 1.165) is 36.9 Å². The normalized spacial score (nSPS) is 28.5. The van der Waals surface area contributed by atoms with Gasteiger partial charge in [-0.1, -0.05) is 37.3 Å². The van der Waals surface area contributed by atoms with E-state index in [1.807, 2.05) is 0 Å². The van der Waals surface area contributed by atoms with Crippen LogP contribution in [-0.4, -0.2) is 42.1 Å². The largest absolute Gasteiger partial charge is 0.306 e. The molecule has 1 amide bonds. The summed E-state index contributed by atoms with van der Waals surface area (Å²) in [6, 6.07) is 7.62. The van der Waals surface area contributed by atoms with E-state index in [4.69, 9.17) is 5.21 Å². The number of Topliss-reactive ketones (excluding diaryl/α,β-unsaturated/α-hetero) is 1. The summed E-state index contributed by atoms with van der Waals surface area (Å²) in [5.74, 6) is -0.966. The highest BCUT2D eigenvalue weighted by molar-refractivity contribution is 5.96. The van der Waals surface area contributed by atoms with Crippen LogP contribution in [0, 0.1) is 11.3 Å². The molecule has 1 saturated heterocycles. The van der Waals surface area contributed by atoms with Crippen molar-refractivity contribution >= 4 is 17.3 Å². The second-order valence-electron chi connectivity index (χ2n) is 8.49. The van der Waals surface area contributed by atoms with Crippen molar-refractivity contribution in [3.8, 4) is 0 Å². The summed E-state index contributed by atoms with van der Waals surface area (Å²) < 4.78 is 0. The molecule has 1 aromatic carbocycles. The van der Waals surface area contributed by atoms with E-state index in [-0.39, 0.29) is 17.2 Å². The SMILES string of the molecule is CCc1ccc(C2=CCNC(C(=O)C3NCC4(CC4)CC3C(=O)NO)C2)cc1. The van der Waals surface area contributed by atoms with Crippen LogP contribution in [-0.2, 0) is 16.0 Å². The third-order valence-corrected chi connectivity index (χ3v) is 6.68. The molecule has 2 heterocycles. The lowest BCUT2D eigenvalue weighted by molar-refractivity contribution is -0.140. The fraction of sp³-hybridized carbons (Fsp3) is 0.545. The lowest BCUT2D eigenvalue weighted by Crippen LogP contribution is -2.59. The predicted molar refractivity (Wildman–Crippen MR) is 107 cm³/mol. The van der Waals surface area contributed by atoms with Crippen LogP contribution in [0.4, 0.5) is 0 Å². The van der Waals surface area contributed by atoms with Gasteiger partial charge < -0.3 is 10.6 Å². The topological polar surface area (TPSA) is 90.5 Å². The third kappa shape index (κ3) is 3.77. The zero-order chi connectivity index (χ0) is 19.7. The lowest BCUT2D eigenvalue weighted by atomic mass is 9.78. The Balaban J connectivity index is 1.47. The molecule has 28 heavy (non-hydrogen) atoms. The number of aryl methyl sites for hydroxylation is 1. The molecule has 2 aliphatic heterocycles. The maximum atomic E-state index is 13.3. The number of hydrogen-bond acceptors (Lipinski definition) is 5. The zero-order valence-electron chi connectivity index (χ0n) is 16.3. The summed E-state index contributed by atoms with van der Waals surface area (Å²) in [5.41, 5.74) is 5.52. The standard InChI is InChI=1S/C22H29N3O3/c1-2-14-3-5-15(6-4-14)16-7-10-23-18(11-16)20(26)19-17(21(27)25-28)12-22(8-9-22)13-24-19/h3-7,17-19,23-24,28H,2,8-13H2,1H3,(H,25,27). The molecule has 2 fully saturated rings. The Bertz CT molecular complexity index is 783. The second kappa shape index (κ2) is 7.78. The lowest BCUT2D eigenvalue weighted by Gasteiger charge is -2.37. The van der Waals surface area contributed by atoms with E-state index < -0.39 is 17.9 Å². The molecule has 3 aliphatic rings. The minimum absolute atomic E-state index is 0.0138. The summed E-state index contributed by atoms with van der Waals surface area (Å²) in [6.07, 6.45) is 6.58. The Kier molecular flexibility index (Phi) is 5.36. The van der Waals surface area contributed by atoms with Crippen molar-refractivity contribution in [1.82, 2.24) is 16.1 Å². The number of benzene rings is 1. The van der Waals surface area contributed by atoms with Crippen molar-refractivity contribution in [3.05, 3.63) is 41.5 Å². The van der Waals surface area contributed by atoms with Crippen LogP contribution in [0.3, 0.4) is 0 Å². The smallest absolute Gasteiger partial charge is 0.248 e. The van der Waals surface area contributed by atoms with Gasteiger partial charge in [0.2, 0.25) is 5.91 Å². The van der Waals surface area contributed by atoms with Crippen molar-refractivity contribution in [1.29, 1.82) is 0 Å². The molecule has 3 unspecified atom stereocenters. The first kappa shape index (κ1) is 19.3. The van der Waals surface area contributed by atoms with Crippen LogP contribution in [0.1, 0.15) is 43.7 Å². The molecular weight excluding hydrogens is 354 g/mol. The maximum Gasteiger partial charge on any atom is 0.248 e. The molecule has 4 rings (SSSR count). The van der Waals surface area contributed by atoms with Crippen molar-refractivity contribution in [2.45, 2.75) is 51.1 Å². The van der Waals surface area contributed by atoms with Gasteiger partial charge in [0.05, 0.1) is 18.0 Å². The van der Waals surface area contributed by atoms with Gasteiger partial charge in [0.25, 0.3) is 0 Å². The third-order valence-electron chi connectivity index (χ3n) is 6.68. The fourth-order valence-electron chi connectivity index (χ4n) is 4.62. The van der Waals surface area contributed by atoms with Gasteiger partial charge in [-0.2, -0.15) is 0 Å². The van der Waals surface area contributed by atoms with Crippen LogP contribution in [0.25, 0.3) is 5.57 Å². The van der Waals surface area contributed by atoms with Gasteiger partial charge in [-0.3, -0.25) is 14.8 Å². The Labute approximate surface area is 165 Å². The summed E-state index contributed by atoms with van der Waals surface area (Å²) in [4.78, 5) is 25.5. The molecule has 6 heteroatoms. The van der Waals surface area contributed by atoms with E-state index in [0.29, 0.717) is 19.4 Å². The van der Waals surface area contributed by atoms with Gasteiger partial charge in [-0.25, -0.2) is 5.48 Å². The van der Waals surface area contributed by atoms with Crippen molar-refractivity contribution in [3.63, 3.8) is 0 Å². The number of amides is 1. The zero-order valence-corrected chi connectivity index (χ0v) is 16.3. The molecule has 0 aromatic heterocycles. The maximum absolute atomic E-state index is 13.3. The van der Waals surface area contributed by atoms with Gasteiger partial charge in [0.1, 0.15) is 0 Å². The minimum atomic E-state index is -0.558. The first-order valence-corrected chi connectivity index (χ1v) is 10.3. The molecule has 1 spiro atoms. The molecule has 0 bridgehead atoms. The molecule has 150 valence electrons. The van der Waals surface area contributed by atoms with Gasteiger partial charge >= 0.3 is 0 Å². The number of hydroxylamine groups is 1. The van der Waals surface area contributed by atoms with Crippen LogP contribution >= 0.6 is 0 Å². The number of rotatable bonds is 5. The van der Waals surface area contributed by atoms with Crippen LogP contribution < -0.4 is 16.1 Å². The van der Waals surface area contributed by atoms with E-state index in [1.54, 1.807) is 5.48 Å². The highest BCUT2D eigenvalue weighted by atomic mass is 16.5. The number of ketones is 1. The average molecular weight is 383 g/mol. The minimum Gasteiger partial charge on any atom is -0.306 e. The number of piperidine rings is 1. The predicted octanol–water partition coefficient (Wildman–Crippen LogP) is 1.83. The monoisotopic (exact) mass is 383 g/mol. The molecular formula is C22H29N3O3. The summed E-state index contributed by atoms with van der Waals surface area (Å²) in [5, 5.41) is 15.8. The van der Waals surface area contributed by atoms with E-state index >= 15 is 0 Å². The first-order chi connectivity index (χ1) is 13.5. The number of carbonyl (C=O) groups is 2. The second-order valence-corrected chi connectivity index (χ2v) is 8.49. The highest BCUT2D eigenvalue weighted by Gasteiger charge is 2.52. The quantitative estimate of drug-likeness (QED) is 0.460. The number of hydrogen-bond donors (Lipinski definition) is 4. The van der Waals surface area contributed by atoms with Crippen LogP contribution in [0.5, 0.6) is 0 Å². The number of carbonyl (C=O) groups excluding carboxylic acids is 2. The molecule has 6 nitrogen and oxygen atoms in total. The molecule has 0 radical (unpaired) electrons. The van der Waals surface area contributed by atoms with Gasteiger partial charge in [0.15, 0.2) is 5.78 Å². The van der Waals surface area contributed by atoms with Gasteiger partial charge in [-0.05, 0) is 54.2 Å². The Morgan fingerprint density at radius 2 is 1.96 bits per heavy atom. The van der Waals surface area contributed by atoms with Gasteiger partial charge in [0, 0.05) is 13.1 Å².